The Labute approximate surface area is 150 Å². The van der Waals surface area contributed by atoms with Crippen LogP contribution >= 0.6 is 12.1 Å². The molecule has 0 bridgehead atoms. The minimum Gasteiger partial charge on any atom is -0.399 e. The van der Waals surface area contributed by atoms with Gasteiger partial charge in [-0.15, -0.1) is 0 Å². The van der Waals surface area contributed by atoms with Gasteiger partial charge in [0, 0.05) is 31.7 Å². The van der Waals surface area contributed by atoms with Crippen LogP contribution in [0, 0.1) is 0 Å². The fourth-order valence-electron chi connectivity index (χ4n) is 3.13. The second-order valence-corrected chi connectivity index (χ2v) is 6.68. The summed E-state index contributed by atoms with van der Waals surface area (Å²) in [6.07, 6.45) is 3.95. The summed E-state index contributed by atoms with van der Waals surface area (Å²) in [7, 11) is 2.02. The number of nitrogen functional groups attached to an aromatic ring is 1. The van der Waals surface area contributed by atoms with Crippen molar-refractivity contribution < 1.29 is 3.89 Å². The maximum Gasteiger partial charge on any atom is 0.0870 e. The summed E-state index contributed by atoms with van der Waals surface area (Å²) in [5, 5.41) is 7.57. The van der Waals surface area contributed by atoms with Gasteiger partial charge < -0.3 is 11.1 Å². The lowest BCUT2D eigenvalue weighted by atomic mass is 10.1. The number of fused-ring (bicyclic) bond motifs is 1. The molecule has 0 aromatic heterocycles. The summed E-state index contributed by atoms with van der Waals surface area (Å²) in [6.45, 7) is 0.749. The van der Waals surface area contributed by atoms with E-state index in [9.17, 15) is 3.89 Å². The highest BCUT2D eigenvalue weighted by Gasteiger charge is 2.27. The quantitative estimate of drug-likeness (QED) is 0.815. The van der Waals surface area contributed by atoms with Crippen LogP contribution in [0.3, 0.4) is 0 Å². The van der Waals surface area contributed by atoms with Crippen LogP contribution in [0.25, 0.3) is 0 Å². The summed E-state index contributed by atoms with van der Waals surface area (Å²) in [5.41, 5.74) is 10.3. The Hall–Kier alpha value is -2.51. The van der Waals surface area contributed by atoms with E-state index in [0.717, 1.165) is 34.9 Å². The molecule has 0 spiro atoms. The monoisotopic (exact) mass is 355 g/mol. The number of likely N-dealkylation sites (N-methyl/N-ethyl adjacent to an activating group) is 1. The van der Waals surface area contributed by atoms with Crippen molar-refractivity contribution in [1.82, 2.24) is 5.01 Å². The number of anilines is 3. The number of nitrogens with two attached hydrogens (primary N) is 1. The molecule has 7 heteroatoms. The molecule has 0 fully saturated rings. The van der Waals surface area contributed by atoms with E-state index in [0.29, 0.717) is 4.90 Å². The molecule has 0 saturated carbocycles. The van der Waals surface area contributed by atoms with E-state index >= 15 is 0 Å². The van der Waals surface area contributed by atoms with E-state index < -0.39 is 0 Å². The molecule has 1 atom stereocenters. The largest absolute Gasteiger partial charge is 0.399 e. The average Bonchev–Trinajstić information content (AvgIpc) is 3.02. The summed E-state index contributed by atoms with van der Waals surface area (Å²) in [5.74, 6) is 0. The molecule has 5 nitrogen and oxygen atoms in total. The average molecular weight is 355 g/mol. The van der Waals surface area contributed by atoms with E-state index in [1.807, 2.05) is 49.7 Å². The highest BCUT2D eigenvalue weighted by atomic mass is 32.2. The lowest BCUT2D eigenvalue weighted by Crippen LogP contribution is -2.33. The fourth-order valence-corrected chi connectivity index (χ4v) is 3.50. The van der Waals surface area contributed by atoms with Crippen molar-refractivity contribution in [3.63, 3.8) is 0 Å². The van der Waals surface area contributed by atoms with Gasteiger partial charge in [0.25, 0.3) is 0 Å². The topological polar surface area (TPSA) is 56.9 Å². The third-order valence-electron chi connectivity index (χ3n) is 4.35. The van der Waals surface area contributed by atoms with Gasteiger partial charge in [0.2, 0.25) is 0 Å². The molecule has 2 aliphatic rings. The number of para-hydroxylation sites is 1. The Morgan fingerprint density at radius 2 is 2.12 bits per heavy atom. The minimum absolute atomic E-state index is 0.0747. The molecule has 2 aromatic carbocycles. The van der Waals surface area contributed by atoms with Crippen LogP contribution in [0.1, 0.15) is 0 Å². The second kappa shape index (κ2) is 6.42. The van der Waals surface area contributed by atoms with Crippen molar-refractivity contribution in [2.75, 3.05) is 29.7 Å². The number of nitrogens with one attached hydrogen (secondary N) is 1. The van der Waals surface area contributed by atoms with E-state index in [2.05, 4.69) is 26.5 Å². The minimum atomic E-state index is -0.0747. The van der Waals surface area contributed by atoms with Gasteiger partial charge >= 0.3 is 0 Å². The Morgan fingerprint density at radius 3 is 2.92 bits per heavy atom. The first-order chi connectivity index (χ1) is 12.2. The maximum absolute atomic E-state index is 13.2. The zero-order chi connectivity index (χ0) is 17.4. The van der Waals surface area contributed by atoms with Crippen molar-refractivity contribution in [3.8, 4) is 0 Å². The molecule has 1 unspecified atom stereocenters. The number of hydrogen-bond donors (Lipinski definition) is 2. The Kier molecular flexibility index (Phi) is 4.10. The zero-order valence-corrected chi connectivity index (χ0v) is 14.5. The number of hydrazine groups is 1. The van der Waals surface area contributed by atoms with Crippen molar-refractivity contribution in [3.05, 3.63) is 54.2 Å². The molecule has 3 N–H and O–H groups in total. The van der Waals surface area contributed by atoms with Gasteiger partial charge in [-0.25, -0.2) is 5.01 Å². The smallest absolute Gasteiger partial charge is 0.0870 e. The van der Waals surface area contributed by atoms with Gasteiger partial charge in [0.1, 0.15) is 0 Å². The number of aliphatic imine (C=N–C) groups is 1. The van der Waals surface area contributed by atoms with Crippen LogP contribution in [0.5, 0.6) is 0 Å². The van der Waals surface area contributed by atoms with Gasteiger partial charge in [0.05, 0.1) is 40.1 Å². The van der Waals surface area contributed by atoms with E-state index in [1.165, 1.54) is 0 Å². The highest BCUT2D eigenvalue weighted by molar-refractivity contribution is 7.94. The van der Waals surface area contributed by atoms with Gasteiger partial charge in [-0.2, -0.15) is 3.89 Å². The Morgan fingerprint density at radius 1 is 1.28 bits per heavy atom. The lowest BCUT2D eigenvalue weighted by molar-refractivity contribution is 0.391. The molecular formula is C18H18FN5S. The third-order valence-corrected chi connectivity index (χ3v) is 4.86. The molecule has 2 aliphatic heterocycles. The summed E-state index contributed by atoms with van der Waals surface area (Å²) < 4.78 is 13.2. The van der Waals surface area contributed by atoms with Crippen LogP contribution in [0.2, 0.25) is 0 Å². The zero-order valence-electron chi connectivity index (χ0n) is 13.7. The summed E-state index contributed by atoms with van der Waals surface area (Å²) in [4.78, 5) is 5.05. The Bertz CT molecular complexity index is 866. The van der Waals surface area contributed by atoms with Gasteiger partial charge in [-0.05, 0) is 35.9 Å². The fraction of sp³-hybridized carbons (Fsp3) is 0.167. The predicted molar refractivity (Wildman–Crippen MR) is 103 cm³/mol. The third kappa shape index (κ3) is 2.96. The standard InChI is InChI=1S/C18H18FN5S/c1-23-10-12(11-24(23)14-5-2-4-13(20)8-14)16-9-21-15-6-3-7-17(25-19)18(15)22-16/h2-9,11,16,22H,10,20H2,1H3. The maximum atomic E-state index is 13.2. The SMILES string of the molecule is CN1CC(C2C=Nc3cccc(SF)c3N2)=CN1c1cccc(N)c1. The molecule has 128 valence electrons. The number of hydrogen-bond acceptors (Lipinski definition) is 6. The Balaban J connectivity index is 1.62. The van der Waals surface area contributed by atoms with Crippen LogP contribution < -0.4 is 16.1 Å². The van der Waals surface area contributed by atoms with E-state index in [1.54, 1.807) is 6.07 Å². The molecule has 0 amide bonds. The van der Waals surface area contributed by atoms with Gasteiger partial charge in [-0.3, -0.25) is 10.0 Å². The van der Waals surface area contributed by atoms with Crippen molar-refractivity contribution in [2.45, 2.75) is 10.9 Å². The second-order valence-electron chi connectivity index (χ2n) is 6.09. The number of halogens is 1. The number of benzene rings is 2. The molecule has 0 radical (unpaired) electrons. The van der Waals surface area contributed by atoms with Crippen LogP contribution in [0.15, 0.2) is 64.1 Å². The molecule has 2 heterocycles. The van der Waals surface area contributed by atoms with Gasteiger partial charge in [0.15, 0.2) is 0 Å². The predicted octanol–water partition coefficient (Wildman–Crippen LogP) is 3.99. The number of nitrogens with zero attached hydrogens (tertiary/aromatic N) is 3. The molecule has 25 heavy (non-hydrogen) atoms. The van der Waals surface area contributed by atoms with Crippen molar-refractivity contribution in [2.24, 2.45) is 4.99 Å². The molecular weight excluding hydrogens is 337 g/mol. The molecule has 4 rings (SSSR count). The summed E-state index contributed by atoms with van der Waals surface area (Å²) in [6, 6.07) is 13.1. The van der Waals surface area contributed by atoms with Crippen molar-refractivity contribution in [1.29, 1.82) is 0 Å². The molecule has 0 aliphatic carbocycles. The normalized spacial score (nSPS) is 19.5. The molecule has 2 aromatic rings. The van der Waals surface area contributed by atoms with Crippen LogP contribution in [-0.2, 0) is 0 Å². The van der Waals surface area contributed by atoms with Crippen LogP contribution in [-0.4, -0.2) is 30.9 Å². The summed E-state index contributed by atoms with van der Waals surface area (Å²) >= 11 is 0.237. The first-order valence-corrected chi connectivity index (χ1v) is 8.66. The lowest BCUT2D eigenvalue weighted by Gasteiger charge is -2.25. The van der Waals surface area contributed by atoms with E-state index in [4.69, 9.17) is 5.73 Å². The molecule has 0 saturated heterocycles. The van der Waals surface area contributed by atoms with Crippen molar-refractivity contribution >= 4 is 41.1 Å². The number of rotatable bonds is 3. The van der Waals surface area contributed by atoms with E-state index in [-0.39, 0.29) is 18.2 Å². The first kappa shape index (κ1) is 16.0. The highest BCUT2D eigenvalue weighted by Crippen LogP contribution is 2.39. The van der Waals surface area contributed by atoms with Gasteiger partial charge in [-0.1, -0.05) is 12.1 Å². The first-order valence-electron chi connectivity index (χ1n) is 7.94. The van der Waals surface area contributed by atoms with Crippen LogP contribution in [0.4, 0.5) is 26.6 Å².